The van der Waals surface area contributed by atoms with Gasteiger partial charge in [-0.25, -0.2) is 0 Å². The Hall–Kier alpha value is -1.59. The number of benzene rings is 1. The molecule has 1 fully saturated rings. The van der Waals surface area contributed by atoms with Crippen molar-refractivity contribution in [3.63, 3.8) is 0 Å². The second-order valence-electron chi connectivity index (χ2n) is 6.40. The molecule has 2 atom stereocenters. The fourth-order valence-electron chi connectivity index (χ4n) is 3.12. The van der Waals surface area contributed by atoms with E-state index < -0.39 is 0 Å². The minimum Gasteiger partial charge on any atom is -0.494 e. The molecular weight excluding hydrogens is 340 g/mol. The summed E-state index contributed by atoms with van der Waals surface area (Å²) >= 11 is 0. The molecule has 3 N–H and O–H groups in total. The Labute approximate surface area is 156 Å². The first-order valence-corrected chi connectivity index (χ1v) is 8.89. The number of rotatable bonds is 9. The average Bonchev–Trinajstić information content (AvgIpc) is 3.05. The molecule has 1 aromatic carbocycles. The second kappa shape index (κ2) is 11.1. The number of carbonyl (C=O) groups excluding carboxylic acids is 2. The van der Waals surface area contributed by atoms with Crippen molar-refractivity contribution in [1.82, 2.24) is 5.32 Å². The van der Waals surface area contributed by atoms with Gasteiger partial charge in [0.25, 0.3) is 0 Å². The predicted molar refractivity (Wildman–Crippen MR) is 101 cm³/mol. The molecule has 1 aromatic rings. The number of nitrogens with one attached hydrogen (secondary N) is 1. The highest BCUT2D eigenvalue weighted by atomic mass is 35.5. The molecule has 140 valence electrons. The van der Waals surface area contributed by atoms with Crippen molar-refractivity contribution in [1.29, 1.82) is 0 Å². The van der Waals surface area contributed by atoms with Crippen LogP contribution < -0.4 is 15.8 Å². The van der Waals surface area contributed by atoms with E-state index in [1.807, 2.05) is 6.92 Å². The monoisotopic (exact) mass is 368 g/mol. The van der Waals surface area contributed by atoms with Gasteiger partial charge in [0.05, 0.1) is 6.61 Å². The molecule has 0 heterocycles. The summed E-state index contributed by atoms with van der Waals surface area (Å²) < 4.78 is 5.50. The lowest BCUT2D eigenvalue weighted by Gasteiger charge is -2.19. The quantitative estimate of drug-likeness (QED) is 0.656. The van der Waals surface area contributed by atoms with E-state index in [9.17, 15) is 9.59 Å². The van der Waals surface area contributed by atoms with Gasteiger partial charge in [-0.05, 0) is 56.0 Å². The fourth-order valence-corrected chi connectivity index (χ4v) is 3.12. The largest absolute Gasteiger partial charge is 0.494 e. The highest BCUT2D eigenvalue weighted by Gasteiger charge is 2.27. The van der Waals surface area contributed by atoms with Crippen molar-refractivity contribution in [3.05, 3.63) is 29.8 Å². The molecule has 1 saturated carbocycles. The second-order valence-corrected chi connectivity index (χ2v) is 6.40. The number of ketones is 1. The number of ether oxygens (including phenoxy) is 1. The summed E-state index contributed by atoms with van der Waals surface area (Å²) in [6.07, 6.45) is 4.56. The third-order valence-corrected chi connectivity index (χ3v) is 4.54. The molecule has 0 aromatic heterocycles. The van der Waals surface area contributed by atoms with E-state index in [4.69, 9.17) is 10.5 Å². The third kappa shape index (κ3) is 6.67. The normalized spacial score (nSPS) is 19.1. The molecule has 0 radical (unpaired) electrons. The summed E-state index contributed by atoms with van der Waals surface area (Å²) in [5.41, 5.74) is 6.34. The minimum absolute atomic E-state index is 0. The molecule has 1 aliphatic carbocycles. The number of hydrogen-bond acceptors (Lipinski definition) is 4. The van der Waals surface area contributed by atoms with Gasteiger partial charge >= 0.3 is 0 Å². The van der Waals surface area contributed by atoms with Crippen LogP contribution in [0.4, 0.5) is 0 Å². The Morgan fingerprint density at radius 2 is 1.92 bits per heavy atom. The molecule has 0 aliphatic heterocycles. The number of nitrogens with two attached hydrogens (primary N) is 1. The van der Waals surface area contributed by atoms with E-state index in [-0.39, 0.29) is 43.0 Å². The lowest BCUT2D eigenvalue weighted by atomic mass is 10.0. The smallest absolute Gasteiger partial charge is 0.220 e. The van der Waals surface area contributed by atoms with Gasteiger partial charge in [-0.1, -0.05) is 13.3 Å². The fraction of sp³-hybridized carbons (Fsp3) is 0.579. The lowest BCUT2D eigenvalue weighted by Crippen LogP contribution is -2.39. The molecule has 0 saturated heterocycles. The van der Waals surface area contributed by atoms with Gasteiger partial charge in [-0.15, -0.1) is 12.4 Å². The molecule has 0 bridgehead atoms. The zero-order valence-corrected chi connectivity index (χ0v) is 15.6. The predicted octanol–water partition coefficient (Wildman–Crippen LogP) is 3.10. The molecule has 0 spiro atoms. The standard InChI is InChI=1S/C19H28N2O3.ClH/c1-2-12-24-16-8-6-14(7-9-16)18(22)10-11-19(23)21-17-5-3-4-15(17)13-20;/h6-9,15,17H,2-5,10-13,20H2,1H3,(H,21,23);1H. The molecule has 25 heavy (non-hydrogen) atoms. The molecule has 1 amide bonds. The van der Waals surface area contributed by atoms with E-state index in [0.29, 0.717) is 24.6 Å². The van der Waals surface area contributed by atoms with Crippen molar-refractivity contribution in [2.45, 2.75) is 51.5 Å². The number of halogens is 1. The van der Waals surface area contributed by atoms with Crippen LogP contribution in [0.15, 0.2) is 24.3 Å². The maximum atomic E-state index is 12.2. The number of Topliss-reactive ketones (excluding diaryl/α,β-unsaturated/α-hetero) is 1. The van der Waals surface area contributed by atoms with Crippen LogP contribution in [-0.2, 0) is 4.79 Å². The van der Waals surface area contributed by atoms with Crippen molar-refractivity contribution in [2.24, 2.45) is 11.7 Å². The van der Waals surface area contributed by atoms with Crippen LogP contribution in [0.3, 0.4) is 0 Å². The summed E-state index contributed by atoms with van der Waals surface area (Å²) in [5.74, 6) is 1.06. The lowest BCUT2D eigenvalue weighted by molar-refractivity contribution is -0.122. The van der Waals surface area contributed by atoms with Crippen molar-refractivity contribution in [2.75, 3.05) is 13.2 Å². The van der Waals surface area contributed by atoms with Crippen molar-refractivity contribution in [3.8, 4) is 5.75 Å². The maximum absolute atomic E-state index is 12.2. The van der Waals surface area contributed by atoms with Gasteiger partial charge in [-0.3, -0.25) is 9.59 Å². The topological polar surface area (TPSA) is 81.4 Å². The Morgan fingerprint density at radius 3 is 2.56 bits per heavy atom. The Balaban J connectivity index is 0.00000312. The number of amides is 1. The summed E-state index contributed by atoms with van der Waals surface area (Å²) in [4.78, 5) is 24.2. The van der Waals surface area contributed by atoms with E-state index >= 15 is 0 Å². The Bertz CT molecular complexity index is 548. The number of carbonyl (C=O) groups is 2. The SMILES string of the molecule is CCCOc1ccc(C(=O)CCC(=O)NC2CCCC2CN)cc1.Cl. The third-order valence-electron chi connectivity index (χ3n) is 4.54. The molecule has 2 rings (SSSR count). The number of hydrogen-bond donors (Lipinski definition) is 2. The zero-order chi connectivity index (χ0) is 17.4. The first kappa shape index (κ1) is 21.5. The Kier molecular flexibility index (Phi) is 9.53. The summed E-state index contributed by atoms with van der Waals surface area (Å²) in [6.45, 7) is 3.32. The molecule has 5 nitrogen and oxygen atoms in total. The molecule has 1 aliphatic rings. The van der Waals surface area contributed by atoms with Crippen molar-refractivity contribution < 1.29 is 14.3 Å². The summed E-state index contributed by atoms with van der Waals surface area (Å²) in [5, 5.41) is 3.03. The van der Waals surface area contributed by atoms with Gasteiger partial charge in [0.2, 0.25) is 5.91 Å². The summed E-state index contributed by atoms with van der Waals surface area (Å²) in [7, 11) is 0. The van der Waals surface area contributed by atoms with E-state index in [2.05, 4.69) is 5.32 Å². The van der Waals surface area contributed by atoms with Crippen LogP contribution >= 0.6 is 12.4 Å². The molecule has 6 heteroatoms. The van der Waals surface area contributed by atoms with E-state index in [0.717, 1.165) is 31.4 Å². The van der Waals surface area contributed by atoms with Gasteiger partial charge < -0.3 is 15.8 Å². The van der Waals surface area contributed by atoms with Crippen LogP contribution in [0.25, 0.3) is 0 Å². The zero-order valence-electron chi connectivity index (χ0n) is 14.8. The van der Waals surface area contributed by atoms with E-state index in [1.165, 1.54) is 0 Å². The maximum Gasteiger partial charge on any atom is 0.220 e. The van der Waals surface area contributed by atoms with Crippen LogP contribution in [0.5, 0.6) is 5.75 Å². The van der Waals surface area contributed by atoms with Gasteiger partial charge in [0.1, 0.15) is 5.75 Å². The minimum atomic E-state index is -0.0587. The molecule has 2 unspecified atom stereocenters. The first-order chi connectivity index (χ1) is 11.6. The Morgan fingerprint density at radius 1 is 1.20 bits per heavy atom. The first-order valence-electron chi connectivity index (χ1n) is 8.89. The van der Waals surface area contributed by atoms with Crippen LogP contribution in [0.2, 0.25) is 0 Å². The van der Waals surface area contributed by atoms with Crippen LogP contribution in [-0.4, -0.2) is 30.9 Å². The highest BCUT2D eigenvalue weighted by molar-refractivity contribution is 5.98. The van der Waals surface area contributed by atoms with Gasteiger partial charge in [0, 0.05) is 24.4 Å². The van der Waals surface area contributed by atoms with Crippen LogP contribution in [0.1, 0.15) is 55.8 Å². The highest BCUT2D eigenvalue weighted by Crippen LogP contribution is 2.24. The molecular formula is C19H29ClN2O3. The van der Waals surface area contributed by atoms with Gasteiger partial charge in [-0.2, -0.15) is 0 Å². The van der Waals surface area contributed by atoms with E-state index in [1.54, 1.807) is 24.3 Å². The van der Waals surface area contributed by atoms with Crippen LogP contribution in [0, 0.1) is 5.92 Å². The van der Waals surface area contributed by atoms with Gasteiger partial charge in [0.15, 0.2) is 5.78 Å². The average molecular weight is 369 g/mol. The van der Waals surface area contributed by atoms with Crippen molar-refractivity contribution >= 4 is 24.1 Å². The summed E-state index contributed by atoms with van der Waals surface area (Å²) in [6, 6.07) is 7.28.